The molecule has 0 saturated carbocycles. The second-order valence-corrected chi connectivity index (χ2v) is 3.32. The van der Waals surface area contributed by atoms with Crippen molar-refractivity contribution in [3.05, 3.63) is 41.7 Å². The molecule has 0 unspecified atom stereocenters. The van der Waals surface area contributed by atoms with Gasteiger partial charge < -0.3 is 9.84 Å². The smallest absolute Gasteiger partial charge is 0.188 e. The van der Waals surface area contributed by atoms with Gasteiger partial charge in [0, 0.05) is 12.0 Å². The van der Waals surface area contributed by atoms with Gasteiger partial charge >= 0.3 is 0 Å². The molecule has 0 spiro atoms. The van der Waals surface area contributed by atoms with Crippen molar-refractivity contribution >= 4 is 5.78 Å². The van der Waals surface area contributed by atoms with Gasteiger partial charge in [-0.15, -0.1) is 0 Å². The number of hydrogen-bond acceptors (Lipinski definition) is 3. The highest BCUT2D eigenvalue weighted by Crippen LogP contribution is 2.16. The highest BCUT2D eigenvalue weighted by Gasteiger charge is 2.04. The Morgan fingerprint density at radius 2 is 2.00 bits per heavy atom. The van der Waals surface area contributed by atoms with Gasteiger partial charge in [0.1, 0.15) is 12.4 Å². The molecular weight excluding hydrogens is 204 g/mol. The summed E-state index contributed by atoms with van der Waals surface area (Å²) in [4.78, 5) is 11.2. The van der Waals surface area contributed by atoms with Gasteiger partial charge in [-0.1, -0.05) is 6.92 Å². The Morgan fingerprint density at radius 1 is 1.38 bits per heavy atom. The summed E-state index contributed by atoms with van der Waals surface area (Å²) < 4.78 is 5.57. The van der Waals surface area contributed by atoms with Crippen LogP contribution in [0.1, 0.15) is 30.6 Å². The first-order chi connectivity index (χ1) is 7.71. The van der Waals surface area contributed by atoms with Crippen molar-refractivity contribution in [1.82, 2.24) is 0 Å². The Labute approximate surface area is 95.4 Å². The van der Waals surface area contributed by atoms with Gasteiger partial charge in [-0.3, -0.25) is 4.79 Å². The largest absolute Gasteiger partial charge is 0.462 e. The van der Waals surface area contributed by atoms with E-state index in [1.807, 2.05) is 19.9 Å². The van der Waals surface area contributed by atoms with Crippen LogP contribution in [0.25, 0.3) is 0 Å². The molecule has 0 radical (unpaired) electrons. The molecule has 1 N–H and O–H groups in total. The summed E-state index contributed by atoms with van der Waals surface area (Å²) >= 11 is 0. The van der Waals surface area contributed by atoms with Crippen LogP contribution in [0.2, 0.25) is 0 Å². The predicted octanol–water partition coefficient (Wildman–Crippen LogP) is 2.55. The maximum absolute atomic E-state index is 11.2. The molecule has 0 atom stereocenters. The van der Waals surface area contributed by atoms with Crippen molar-refractivity contribution in [3.63, 3.8) is 0 Å². The molecule has 3 nitrogen and oxygen atoms in total. The third kappa shape index (κ3) is 3.21. The second-order valence-electron chi connectivity index (χ2n) is 3.32. The van der Waals surface area contributed by atoms with E-state index in [1.165, 1.54) is 0 Å². The molecule has 86 valence electrons. The Bertz CT molecular complexity index is 377. The number of benzene rings is 1. The zero-order valence-corrected chi connectivity index (χ0v) is 9.56. The van der Waals surface area contributed by atoms with Crippen molar-refractivity contribution in [1.29, 1.82) is 0 Å². The fourth-order valence-electron chi connectivity index (χ4n) is 1.29. The maximum Gasteiger partial charge on any atom is 0.188 e. The van der Waals surface area contributed by atoms with Crippen molar-refractivity contribution in [3.8, 4) is 5.75 Å². The van der Waals surface area contributed by atoms with E-state index in [-0.39, 0.29) is 5.78 Å². The quantitative estimate of drug-likeness (QED) is 0.612. The van der Waals surface area contributed by atoms with E-state index >= 15 is 0 Å². The van der Waals surface area contributed by atoms with E-state index in [2.05, 4.69) is 0 Å². The van der Waals surface area contributed by atoms with Crippen LogP contribution in [0.15, 0.2) is 36.1 Å². The first-order valence-electron chi connectivity index (χ1n) is 5.28. The van der Waals surface area contributed by atoms with Crippen LogP contribution in [0.3, 0.4) is 0 Å². The molecule has 0 saturated heterocycles. The van der Waals surface area contributed by atoms with E-state index in [0.29, 0.717) is 11.3 Å². The number of carbonyl (C=O) groups excluding carboxylic acids is 1. The summed E-state index contributed by atoms with van der Waals surface area (Å²) in [5.41, 5.74) is 0.494. The fraction of sp³-hybridized carbons (Fsp3) is 0.308. The van der Waals surface area contributed by atoms with Crippen LogP contribution in [0, 0.1) is 0 Å². The Balaban J connectivity index is 2.75. The first kappa shape index (κ1) is 12.5. The molecule has 0 aliphatic carbocycles. The zero-order valence-electron chi connectivity index (χ0n) is 9.56. The van der Waals surface area contributed by atoms with E-state index in [0.717, 1.165) is 12.2 Å². The fourth-order valence-corrected chi connectivity index (χ4v) is 1.29. The van der Waals surface area contributed by atoms with Crippen LogP contribution >= 0.6 is 0 Å². The molecule has 16 heavy (non-hydrogen) atoms. The third-order valence-electron chi connectivity index (χ3n) is 2.24. The summed E-state index contributed by atoms with van der Waals surface area (Å²) in [5.74, 6) is 1.30. The lowest BCUT2D eigenvalue weighted by Crippen LogP contribution is -2.03. The van der Waals surface area contributed by atoms with Gasteiger partial charge in [0.2, 0.25) is 0 Å². The van der Waals surface area contributed by atoms with Gasteiger partial charge in [0.25, 0.3) is 0 Å². The number of Topliss-reactive ketones (excluding diaryl/α,β-unsaturated/α-hetero) is 1. The van der Waals surface area contributed by atoms with Crippen LogP contribution in [0.5, 0.6) is 5.75 Å². The highest BCUT2D eigenvalue weighted by molar-refractivity contribution is 5.96. The van der Waals surface area contributed by atoms with Gasteiger partial charge in [0.15, 0.2) is 5.78 Å². The molecule has 1 rings (SSSR count). The average molecular weight is 220 g/mol. The minimum Gasteiger partial charge on any atom is -0.462 e. The lowest BCUT2D eigenvalue weighted by Gasteiger charge is -2.07. The van der Waals surface area contributed by atoms with Crippen molar-refractivity contribution in [2.75, 3.05) is 6.61 Å². The van der Waals surface area contributed by atoms with E-state index in [4.69, 9.17) is 9.84 Å². The molecule has 0 aliphatic heterocycles. The van der Waals surface area contributed by atoms with Crippen LogP contribution in [0.4, 0.5) is 0 Å². The van der Waals surface area contributed by atoms with Gasteiger partial charge in [-0.2, -0.15) is 0 Å². The maximum atomic E-state index is 11.2. The normalized spacial score (nSPS) is 11.3. The van der Waals surface area contributed by atoms with E-state index < -0.39 is 6.61 Å². The predicted molar refractivity (Wildman–Crippen MR) is 62.5 cm³/mol. The highest BCUT2D eigenvalue weighted by atomic mass is 16.5. The van der Waals surface area contributed by atoms with Crippen LogP contribution in [-0.4, -0.2) is 17.5 Å². The molecule has 0 fully saturated rings. The molecule has 1 aromatic carbocycles. The minimum atomic E-state index is -0.463. The molecule has 0 amide bonds. The van der Waals surface area contributed by atoms with Crippen LogP contribution in [-0.2, 0) is 0 Å². The van der Waals surface area contributed by atoms with Crippen molar-refractivity contribution < 1.29 is 14.6 Å². The molecule has 0 bridgehead atoms. The van der Waals surface area contributed by atoms with E-state index in [1.54, 1.807) is 24.3 Å². The standard InChI is InChI=1S/C13H16O3/c1-3-11(4-2)16-12-7-5-10(6-8-12)13(15)9-14/h3,5-8,14H,4,9H2,1-2H3. The number of rotatable bonds is 5. The number of hydrogen-bond donors (Lipinski definition) is 1. The monoisotopic (exact) mass is 220 g/mol. The summed E-state index contributed by atoms with van der Waals surface area (Å²) in [6.07, 6.45) is 2.74. The zero-order chi connectivity index (χ0) is 12.0. The summed E-state index contributed by atoms with van der Waals surface area (Å²) in [5, 5.41) is 8.69. The molecule has 0 heterocycles. The number of ketones is 1. The van der Waals surface area contributed by atoms with Gasteiger partial charge in [-0.25, -0.2) is 0 Å². The lowest BCUT2D eigenvalue weighted by atomic mass is 10.1. The van der Waals surface area contributed by atoms with Crippen LogP contribution < -0.4 is 4.74 Å². The number of aliphatic hydroxyl groups excluding tert-OH is 1. The van der Waals surface area contributed by atoms with E-state index in [9.17, 15) is 4.79 Å². The summed E-state index contributed by atoms with van der Waals surface area (Å²) in [6.45, 7) is 3.47. The number of aliphatic hydroxyl groups is 1. The average Bonchev–Trinajstić information content (AvgIpc) is 2.35. The summed E-state index contributed by atoms with van der Waals surface area (Å²) in [6, 6.07) is 6.75. The topological polar surface area (TPSA) is 46.5 Å². The molecular formula is C13H16O3. The number of allylic oxidation sites excluding steroid dienone is 2. The molecule has 1 aromatic rings. The molecule has 0 aromatic heterocycles. The van der Waals surface area contributed by atoms with Gasteiger partial charge in [0.05, 0.1) is 5.76 Å². The Hall–Kier alpha value is -1.61. The molecule has 3 heteroatoms. The minimum absolute atomic E-state index is 0.284. The van der Waals surface area contributed by atoms with Crippen molar-refractivity contribution in [2.45, 2.75) is 20.3 Å². The Morgan fingerprint density at radius 3 is 2.44 bits per heavy atom. The SMILES string of the molecule is CC=C(CC)Oc1ccc(C(=O)CO)cc1. The Kier molecular flexibility index (Phi) is 4.73. The number of ether oxygens (including phenoxy) is 1. The first-order valence-corrected chi connectivity index (χ1v) is 5.28. The van der Waals surface area contributed by atoms with Crippen molar-refractivity contribution in [2.24, 2.45) is 0 Å². The number of carbonyl (C=O) groups is 1. The third-order valence-corrected chi connectivity index (χ3v) is 2.24. The summed E-state index contributed by atoms with van der Waals surface area (Å²) in [7, 11) is 0. The second kappa shape index (κ2) is 6.08. The lowest BCUT2D eigenvalue weighted by molar-refractivity contribution is 0.0903. The van der Waals surface area contributed by atoms with Gasteiger partial charge in [-0.05, 0) is 37.3 Å². The molecule has 0 aliphatic rings.